The van der Waals surface area contributed by atoms with Crippen molar-refractivity contribution in [3.8, 4) is 0 Å². The summed E-state index contributed by atoms with van der Waals surface area (Å²) in [6.45, 7) is 6.31. The zero-order valence-corrected chi connectivity index (χ0v) is 21.8. The summed E-state index contributed by atoms with van der Waals surface area (Å²) < 4.78 is 0.818. The number of Topliss-reactive ketones (excluding diaryl/α,β-unsaturated/α-hetero) is 1. The molecule has 0 amide bonds. The Morgan fingerprint density at radius 2 is 1.00 bits per heavy atom. The summed E-state index contributed by atoms with van der Waals surface area (Å²) in [5, 5.41) is 0. The summed E-state index contributed by atoms with van der Waals surface area (Å²) in [6.07, 6.45) is 25.5. The van der Waals surface area contributed by atoms with Crippen LogP contribution in [-0.4, -0.2) is 21.9 Å². The van der Waals surface area contributed by atoms with Crippen molar-refractivity contribution in [2.45, 2.75) is 147 Å². The third kappa shape index (κ3) is 24.5. The monoisotopic (exact) mass is 444 g/mol. The fraction of sp³-hybridized carbons (Fsp3) is 0.962. The summed E-state index contributed by atoms with van der Waals surface area (Å²) >= 11 is 4.50. The second kappa shape index (κ2) is 24.6. The van der Waals surface area contributed by atoms with E-state index in [1.165, 1.54) is 121 Å². The molecule has 0 aliphatic rings. The van der Waals surface area contributed by atoms with Gasteiger partial charge in [0.2, 0.25) is 0 Å². The van der Waals surface area contributed by atoms with Crippen LogP contribution in [0.1, 0.15) is 143 Å². The van der Waals surface area contributed by atoms with Gasteiger partial charge in [0.25, 0.3) is 0 Å². The first-order valence-corrected chi connectivity index (χ1v) is 15.0. The van der Waals surface area contributed by atoms with Crippen LogP contribution >= 0.6 is 23.5 Å². The van der Waals surface area contributed by atoms with Gasteiger partial charge in [0.05, 0.1) is 4.58 Å². The van der Waals surface area contributed by atoms with Gasteiger partial charge in [-0.3, -0.25) is 0 Å². The molecule has 0 aromatic rings. The van der Waals surface area contributed by atoms with Gasteiger partial charge in [0, 0.05) is 6.42 Å². The number of hydrogen-bond acceptors (Lipinski definition) is 3. The van der Waals surface area contributed by atoms with Gasteiger partial charge in [-0.15, -0.1) is 23.5 Å². The molecule has 0 rings (SSSR count). The van der Waals surface area contributed by atoms with Gasteiger partial charge in [-0.05, 0) is 44.1 Å². The standard InChI is InChI=1S/C26H52OS2/c1-4-6-8-10-15-19-23-28-26(29-24-20-16-11-9-7-5-2)22-18-14-12-13-17-21-25(3)27/h26H,4-24H2,1-3H3. The lowest BCUT2D eigenvalue weighted by molar-refractivity contribution is -0.117. The highest BCUT2D eigenvalue weighted by atomic mass is 32.2. The highest BCUT2D eigenvalue weighted by Gasteiger charge is 2.09. The molecule has 3 heteroatoms. The van der Waals surface area contributed by atoms with Gasteiger partial charge >= 0.3 is 0 Å². The van der Waals surface area contributed by atoms with Crippen molar-refractivity contribution in [1.29, 1.82) is 0 Å². The van der Waals surface area contributed by atoms with Crippen LogP contribution in [0.15, 0.2) is 0 Å². The quantitative estimate of drug-likeness (QED) is 0.109. The number of ketones is 1. The molecule has 0 radical (unpaired) electrons. The molecule has 0 N–H and O–H groups in total. The molecule has 1 nitrogen and oxygen atoms in total. The van der Waals surface area contributed by atoms with E-state index in [9.17, 15) is 4.79 Å². The molecule has 0 atom stereocenters. The summed E-state index contributed by atoms with van der Waals surface area (Å²) in [5.41, 5.74) is 0. The molecule has 0 aromatic heterocycles. The van der Waals surface area contributed by atoms with Gasteiger partial charge in [0.1, 0.15) is 5.78 Å². The smallest absolute Gasteiger partial charge is 0.129 e. The first-order chi connectivity index (χ1) is 14.2. The Labute approximate surface area is 192 Å². The first-order valence-electron chi connectivity index (χ1n) is 12.9. The van der Waals surface area contributed by atoms with Gasteiger partial charge in [-0.1, -0.05) is 104 Å². The fourth-order valence-corrected chi connectivity index (χ4v) is 6.52. The number of carbonyl (C=O) groups is 1. The molecule has 0 saturated heterocycles. The fourth-order valence-electron chi connectivity index (χ4n) is 3.62. The lowest BCUT2D eigenvalue weighted by atomic mass is 10.1. The largest absolute Gasteiger partial charge is 0.300 e. The Kier molecular flexibility index (Phi) is 25.0. The molecule has 0 bridgehead atoms. The van der Waals surface area contributed by atoms with Crippen LogP contribution in [0.2, 0.25) is 0 Å². The maximum absolute atomic E-state index is 11.0. The Morgan fingerprint density at radius 3 is 1.48 bits per heavy atom. The molecule has 29 heavy (non-hydrogen) atoms. The van der Waals surface area contributed by atoms with Crippen LogP contribution < -0.4 is 0 Å². The van der Waals surface area contributed by atoms with E-state index in [2.05, 4.69) is 37.4 Å². The van der Waals surface area contributed by atoms with Crippen molar-refractivity contribution in [3.05, 3.63) is 0 Å². The van der Waals surface area contributed by atoms with Crippen molar-refractivity contribution in [2.75, 3.05) is 11.5 Å². The van der Waals surface area contributed by atoms with E-state index in [1.807, 2.05) is 0 Å². The molecule has 0 unspecified atom stereocenters. The van der Waals surface area contributed by atoms with Gasteiger partial charge in [-0.2, -0.15) is 0 Å². The minimum Gasteiger partial charge on any atom is -0.300 e. The second-order valence-electron chi connectivity index (χ2n) is 8.72. The molecular formula is C26H52OS2. The Balaban J connectivity index is 3.84. The SMILES string of the molecule is CCCCCCCCSC(CCCCCCCC(C)=O)SCCCCCCCC. The Morgan fingerprint density at radius 1 is 0.586 bits per heavy atom. The van der Waals surface area contributed by atoms with Crippen molar-refractivity contribution in [3.63, 3.8) is 0 Å². The van der Waals surface area contributed by atoms with Gasteiger partial charge < -0.3 is 4.79 Å². The summed E-state index contributed by atoms with van der Waals surface area (Å²) in [7, 11) is 0. The van der Waals surface area contributed by atoms with Crippen LogP contribution in [0.5, 0.6) is 0 Å². The van der Waals surface area contributed by atoms with E-state index in [1.54, 1.807) is 6.92 Å². The topological polar surface area (TPSA) is 17.1 Å². The molecule has 0 saturated carbocycles. The third-order valence-electron chi connectivity index (χ3n) is 5.57. The van der Waals surface area contributed by atoms with Crippen molar-refractivity contribution < 1.29 is 4.79 Å². The summed E-state index contributed by atoms with van der Waals surface area (Å²) in [5.74, 6) is 3.07. The highest BCUT2D eigenvalue weighted by molar-refractivity contribution is 8.17. The maximum Gasteiger partial charge on any atom is 0.129 e. The van der Waals surface area contributed by atoms with E-state index in [-0.39, 0.29) is 0 Å². The first kappa shape index (κ1) is 29.4. The molecule has 0 aromatic carbocycles. The van der Waals surface area contributed by atoms with Gasteiger partial charge in [0.15, 0.2) is 0 Å². The van der Waals surface area contributed by atoms with E-state index in [0.29, 0.717) is 5.78 Å². The second-order valence-corrected chi connectivity index (χ2v) is 11.6. The zero-order chi connectivity index (χ0) is 21.4. The molecule has 174 valence electrons. The van der Waals surface area contributed by atoms with Crippen molar-refractivity contribution in [1.82, 2.24) is 0 Å². The van der Waals surface area contributed by atoms with Crippen LogP contribution in [-0.2, 0) is 4.79 Å². The van der Waals surface area contributed by atoms with E-state index in [0.717, 1.165) is 17.4 Å². The van der Waals surface area contributed by atoms with Crippen molar-refractivity contribution >= 4 is 29.3 Å². The maximum atomic E-state index is 11.0. The minimum atomic E-state index is 0.349. The number of hydrogen-bond donors (Lipinski definition) is 0. The highest BCUT2D eigenvalue weighted by Crippen LogP contribution is 2.31. The summed E-state index contributed by atoms with van der Waals surface area (Å²) in [4.78, 5) is 11.0. The van der Waals surface area contributed by atoms with E-state index >= 15 is 0 Å². The molecule has 0 fully saturated rings. The van der Waals surface area contributed by atoms with Crippen molar-refractivity contribution in [2.24, 2.45) is 0 Å². The molecule has 0 heterocycles. The van der Waals surface area contributed by atoms with Gasteiger partial charge in [-0.25, -0.2) is 0 Å². The number of unbranched alkanes of at least 4 members (excludes halogenated alkanes) is 14. The van der Waals surface area contributed by atoms with Crippen LogP contribution in [0.25, 0.3) is 0 Å². The van der Waals surface area contributed by atoms with Crippen LogP contribution in [0.3, 0.4) is 0 Å². The average molecular weight is 445 g/mol. The number of rotatable bonds is 24. The predicted octanol–water partition coefficient (Wildman–Crippen LogP) is 9.82. The Bertz CT molecular complexity index is 315. The predicted molar refractivity (Wildman–Crippen MR) is 138 cm³/mol. The third-order valence-corrected chi connectivity index (χ3v) is 8.65. The average Bonchev–Trinajstić information content (AvgIpc) is 2.70. The molecule has 0 aliphatic carbocycles. The zero-order valence-electron chi connectivity index (χ0n) is 20.2. The minimum absolute atomic E-state index is 0.349. The Hall–Kier alpha value is 0.370. The van der Waals surface area contributed by atoms with E-state index < -0.39 is 0 Å². The van der Waals surface area contributed by atoms with E-state index in [4.69, 9.17) is 0 Å². The molecular weight excluding hydrogens is 392 g/mol. The molecule has 0 spiro atoms. The number of thioether (sulfide) groups is 2. The van der Waals surface area contributed by atoms with Crippen LogP contribution in [0.4, 0.5) is 0 Å². The normalized spacial score (nSPS) is 11.4. The summed E-state index contributed by atoms with van der Waals surface area (Å²) in [6, 6.07) is 0. The van der Waals surface area contributed by atoms with Crippen LogP contribution in [0, 0.1) is 0 Å². The number of carbonyl (C=O) groups excluding carboxylic acids is 1. The molecule has 0 aliphatic heterocycles. The lowest BCUT2D eigenvalue weighted by Crippen LogP contribution is -2.01. The lowest BCUT2D eigenvalue weighted by Gasteiger charge is -2.16.